The van der Waals surface area contributed by atoms with E-state index in [2.05, 4.69) is 25.8 Å². The number of carbonyl (C=O) groups is 2. The highest BCUT2D eigenvalue weighted by Gasteiger charge is 2.48. The average molecular weight is 531 g/mol. The van der Waals surface area contributed by atoms with Gasteiger partial charge in [0.25, 0.3) is 5.78 Å². The van der Waals surface area contributed by atoms with Crippen molar-refractivity contribution >= 4 is 55.7 Å². The van der Waals surface area contributed by atoms with Crippen LogP contribution < -0.4 is 4.90 Å². The van der Waals surface area contributed by atoms with Gasteiger partial charge in [-0.15, -0.1) is 0 Å². The van der Waals surface area contributed by atoms with Gasteiger partial charge in [0.15, 0.2) is 5.13 Å². The first kappa shape index (κ1) is 25.2. The molecule has 3 aromatic carbocycles. The van der Waals surface area contributed by atoms with Crippen molar-refractivity contribution in [3.8, 4) is 0 Å². The van der Waals surface area contributed by atoms with E-state index in [1.54, 1.807) is 18.2 Å². The van der Waals surface area contributed by atoms with E-state index in [-0.39, 0.29) is 16.7 Å². The largest absolute Gasteiger partial charge is 0.507 e. The molecule has 1 N–H and O–H groups in total. The summed E-state index contributed by atoms with van der Waals surface area (Å²) in [4.78, 5) is 33.1. The maximum absolute atomic E-state index is 13.5. The number of hydrogen-bond donors (Lipinski definition) is 1. The number of halogens is 1. The highest BCUT2D eigenvalue weighted by atomic mass is 35.5. The summed E-state index contributed by atoms with van der Waals surface area (Å²) in [6, 6.07) is 18.0. The Balaban J connectivity index is 1.74. The molecule has 7 heteroatoms. The Hall–Kier alpha value is -3.48. The number of hydrogen-bond acceptors (Lipinski definition) is 5. The van der Waals surface area contributed by atoms with Crippen LogP contribution in [0.2, 0.25) is 5.02 Å². The zero-order chi connectivity index (χ0) is 26.6. The number of aromatic nitrogens is 1. The minimum Gasteiger partial charge on any atom is -0.507 e. The number of aliphatic hydroxyl groups excluding tert-OH is 1. The zero-order valence-corrected chi connectivity index (χ0v) is 22.9. The van der Waals surface area contributed by atoms with E-state index in [0.717, 1.165) is 27.0 Å². The standard InChI is InChI=1S/C30H27ClN2O3S/c1-16-6-7-17(2)21(14-16)26(34)24-25(18-8-10-19(11-9-18)30(3,4)5)33(28(36)27(24)35)29-32-22-13-12-20(31)15-23(22)37-29/h6-15,25,34H,1-5H3/b26-24+. The number of aliphatic hydroxyl groups is 1. The van der Waals surface area contributed by atoms with Crippen LogP contribution in [0, 0.1) is 13.8 Å². The molecule has 0 aliphatic carbocycles. The average Bonchev–Trinajstić information content (AvgIpc) is 3.37. The fraction of sp³-hybridized carbons (Fsp3) is 0.233. The van der Waals surface area contributed by atoms with Crippen molar-refractivity contribution in [3.63, 3.8) is 0 Å². The van der Waals surface area contributed by atoms with Crippen LogP contribution in [-0.2, 0) is 15.0 Å². The van der Waals surface area contributed by atoms with Crippen molar-refractivity contribution in [1.82, 2.24) is 4.98 Å². The lowest BCUT2D eigenvalue weighted by atomic mass is 9.85. The van der Waals surface area contributed by atoms with Crippen molar-refractivity contribution in [3.05, 3.63) is 99.1 Å². The number of benzene rings is 3. The number of aryl methyl sites for hydroxylation is 2. The van der Waals surface area contributed by atoms with Crippen LogP contribution in [0.1, 0.15) is 54.6 Å². The second-order valence-electron chi connectivity index (χ2n) is 10.5. The van der Waals surface area contributed by atoms with E-state index in [0.29, 0.717) is 21.2 Å². The molecule has 0 bridgehead atoms. The van der Waals surface area contributed by atoms with E-state index in [1.807, 2.05) is 56.3 Å². The number of fused-ring (bicyclic) bond motifs is 1. The molecule has 1 saturated heterocycles. The molecule has 1 aromatic heterocycles. The fourth-order valence-electron chi connectivity index (χ4n) is 4.64. The molecule has 0 spiro atoms. The summed E-state index contributed by atoms with van der Waals surface area (Å²) in [6.07, 6.45) is 0. The van der Waals surface area contributed by atoms with Gasteiger partial charge in [-0.3, -0.25) is 14.5 Å². The number of anilines is 1. The van der Waals surface area contributed by atoms with Gasteiger partial charge in [0.05, 0.1) is 21.8 Å². The van der Waals surface area contributed by atoms with Crippen molar-refractivity contribution in [2.45, 2.75) is 46.1 Å². The molecule has 0 saturated carbocycles. The number of rotatable bonds is 3. The molecular formula is C30H27ClN2O3S. The number of thiazole rings is 1. The van der Waals surface area contributed by atoms with Gasteiger partial charge in [0.1, 0.15) is 5.76 Å². The Labute approximate surface area is 225 Å². The van der Waals surface area contributed by atoms with Crippen molar-refractivity contribution in [1.29, 1.82) is 0 Å². The number of carbonyl (C=O) groups excluding carboxylic acids is 2. The summed E-state index contributed by atoms with van der Waals surface area (Å²) in [7, 11) is 0. The van der Waals surface area contributed by atoms with Crippen LogP contribution in [0.25, 0.3) is 16.0 Å². The number of amides is 1. The summed E-state index contributed by atoms with van der Waals surface area (Å²) in [6.45, 7) is 10.2. The van der Waals surface area contributed by atoms with Gasteiger partial charge >= 0.3 is 5.91 Å². The predicted molar refractivity (Wildman–Crippen MR) is 150 cm³/mol. The van der Waals surface area contributed by atoms with Crippen LogP contribution >= 0.6 is 22.9 Å². The minimum atomic E-state index is -0.829. The third-order valence-corrected chi connectivity index (χ3v) is 7.98. The molecular weight excluding hydrogens is 504 g/mol. The van der Waals surface area contributed by atoms with E-state index in [4.69, 9.17) is 11.6 Å². The van der Waals surface area contributed by atoms with Crippen LogP contribution in [-0.4, -0.2) is 21.8 Å². The molecule has 1 atom stereocenters. The molecule has 4 aromatic rings. The molecule has 37 heavy (non-hydrogen) atoms. The lowest BCUT2D eigenvalue weighted by molar-refractivity contribution is -0.132. The Kier molecular flexibility index (Phi) is 6.21. The van der Waals surface area contributed by atoms with E-state index < -0.39 is 17.7 Å². The minimum absolute atomic E-state index is 0.0551. The van der Waals surface area contributed by atoms with Gasteiger partial charge in [0, 0.05) is 10.6 Å². The third-order valence-electron chi connectivity index (χ3n) is 6.73. The van der Waals surface area contributed by atoms with Crippen LogP contribution in [0.3, 0.4) is 0 Å². The molecule has 1 aliphatic rings. The number of ketones is 1. The van der Waals surface area contributed by atoms with Crippen LogP contribution in [0.4, 0.5) is 5.13 Å². The summed E-state index contributed by atoms with van der Waals surface area (Å²) < 4.78 is 0.806. The van der Waals surface area contributed by atoms with Crippen molar-refractivity contribution < 1.29 is 14.7 Å². The van der Waals surface area contributed by atoms with Gasteiger partial charge < -0.3 is 5.11 Å². The highest BCUT2D eigenvalue weighted by Crippen LogP contribution is 2.45. The monoisotopic (exact) mass is 530 g/mol. The van der Waals surface area contributed by atoms with E-state index in [1.165, 1.54) is 16.2 Å². The topological polar surface area (TPSA) is 70.5 Å². The maximum atomic E-state index is 13.5. The summed E-state index contributed by atoms with van der Waals surface area (Å²) in [5, 5.41) is 12.5. The van der Waals surface area contributed by atoms with E-state index >= 15 is 0 Å². The Bertz CT molecular complexity index is 1600. The Morgan fingerprint density at radius 3 is 2.38 bits per heavy atom. The number of Topliss-reactive ketones (excluding diaryl/α,β-unsaturated/α-hetero) is 1. The fourth-order valence-corrected chi connectivity index (χ4v) is 5.90. The SMILES string of the molecule is Cc1ccc(C)c(/C(O)=C2\C(=O)C(=O)N(c3nc4ccc(Cl)cc4s3)C2c2ccc(C(C)(C)C)cc2)c1. The maximum Gasteiger partial charge on any atom is 0.301 e. The molecule has 1 unspecified atom stereocenters. The predicted octanol–water partition coefficient (Wildman–Crippen LogP) is 7.49. The lowest BCUT2D eigenvalue weighted by Crippen LogP contribution is -2.29. The molecule has 0 radical (unpaired) electrons. The Morgan fingerprint density at radius 2 is 1.70 bits per heavy atom. The molecule has 1 fully saturated rings. The second kappa shape index (κ2) is 9.12. The molecule has 188 valence electrons. The zero-order valence-electron chi connectivity index (χ0n) is 21.3. The molecule has 5 nitrogen and oxygen atoms in total. The Morgan fingerprint density at radius 1 is 1.00 bits per heavy atom. The van der Waals surface area contributed by atoms with Crippen LogP contribution in [0.15, 0.2) is 66.2 Å². The summed E-state index contributed by atoms with van der Waals surface area (Å²) >= 11 is 7.47. The first-order valence-electron chi connectivity index (χ1n) is 12.0. The summed E-state index contributed by atoms with van der Waals surface area (Å²) in [5.74, 6) is -1.64. The third kappa shape index (κ3) is 4.45. The normalized spacial score (nSPS) is 17.7. The highest BCUT2D eigenvalue weighted by molar-refractivity contribution is 7.22. The molecule has 1 aliphatic heterocycles. The molecule has 5 rings (SSSR count). The smallest absolute Gasteiger partial charge is 0.301 e. The lowest BCUT2D eigenvalue weighted by Gasteiger charge is -2.25. The van der Waals surface area contributed by atoms with Crippen LogP contribution in [0.5, 0.6) is 0 Å². The molecule has 1 amide bonds. The van der Waals surface area contributed by atoms with Gasteiger partial charge in [-0.25, -0.2) is 4.98 Å². The van der Waals surface area contributed by atoms with Crippen molar-refractivity contribution in [2.75, 3.05) is 4.90 Å². The second-order valence-corrected chi connectivity index (χ2v) is 11.9. The van der Waals surface area contributed by atoms with Gasteiger partial charge in [0.2, 0.25) is 0 Å². The first-order valence-corrected chi connectivity index (χ1v) is 13.2. The first-order chi connectivity index (χ1) is 17.5. The van der Waals surface area contributed by atoms with Crippen molar-refractivity contribution in [2.24, 2.45) is 0 Å². The van der Waals surface area contributed by atoms with E-state index in [9.17, 15) is 14.7 Å². The van der Waals surface area contributed by atoms with Gasteiger partial charge in [-0.1, -0.05) is 85.7 Å². The summed E-state index contributed by atoms with van der Waals surface area (Å²) in [5.41, 5.74) is 4.80. The van der Waals surface area contributed by atoms with Gasteiger partial charge in [-0.05, 0) is 60.2 Å². The molecule has 2 heterocycles. The quantitative estimate of drug-likeness (QED) is 0.169. The number of nitrogens with zero attached hydrogens (tertiary/aromatic N) is 2. The van der Waals surface area contributed by atoms with Gasteiger partial charge in [-0.2, -0.15) is 0 Å².